The molecule has 1 aromatic rings. The van der Waals surface area contributed by atoms with E-state index in [1.807, 2.05) is 16.8 Å². The number of rotatable bonds is 6. The van der Waals surface area contributed by atoms with Crippen molar-refractivity contribution < 1.29 is 14.6 Å². The summed E-state index contributed by atoms with van der Waals surface area (Å²) in [5, 5.41) is 16.4. The Morgan fingerprint density at radius 2 is 2.45 bits per heavy atom. The molecule has 0 spiro atoms. The smallest absolute Gasteiger partial charge is 0.246 e. The molecule has 20 heavy (non-hydrogen) atoms. The van der Waals surface area contributed by atoms with Gasteiger partial charge in [0, 0.05) is 6.54 Å². The Hall–Kier alpha value is -0.910. The van der Waals surface area contributed by atoms with Gasteiger partial charge in [-0.3, -0.25) is 4.79 Å². The number of aliphatic hydroxyl groups is 1. The fourth-order valence-electron chi connectivity index (χ4n) is 2.57. The number of amides is 1. The molecule has 2 N–H and O–H groups in total. The zero-order valence-corrected chi connectivity index (χ0v) is 12.7. The molecule has 0 saturated heterocycles. The first-order valence-corrected chi connectivity index (χ1v) is 8.18. The van der Waals surface area contributed by atoms with Gasteiger partial charge in [-0.25, -0.2) is 0 Å². The van der Waals surface area contributed by atoms with Crippen LogP contribution in [0, 0.1) is 5.92 Å². The molecule has 4 nitrogen and oxygen atoms in total. The maximum absolute atomic E-state index is 11.7. The van der Waals surface area contributed by atoms with Gasteiger partial charge in [0.15, 0.2) is 0 Å². The van der Waals surface area contributed by atoms with Crippen LogP contribution in [0.4, 0.5) is 0 Å². The van der Waals surface area contributed by atoms with E-state index >= 15 is 0 Å². The summed E-state index contributed by atoms with van der Waals surface area (Å²) in [4.78, 5) is 11.7. The number of ether oxygens (including phenoxy) is 1. The van der Waals surface area contributed by atoms with Crippen LogP contribution in [0.1, 0.15) is 44.3 Å². The van der Waals surface area contributed by atoms with Crippen LogP contribution in [0.5, 0.6) is 0 Å². The molecule has 112 valence electrons. The van der Waals surface area contributed by atoms with E-state index in [9.17, 15) is 9.90 Å². The third-order valence-electron chi connectivity index (χ3n) is 3.76. The van der Waals surface area contributed by atoms with Gasteiger partial charge >= 0.3 is 0 Å². The second-order valence-electron chi connectivity index (χ2n) is 5.58. The summed E-state index contributed by atoms with van der Waals surface area (Å²) in [6.45, 7) is 2.56. The minimum absolute atomic E-state index is 0.0910. The Balaban J connectivity index is 1.63. The van der Waals surface area contributed by atoms with E-state index in [0.717, 1.165) is 18.4 Å². The monoisotopic (exact) mass is 297 g/mol. The molecule has 5 heteroatoms. The van der Waals surface area contributed by atoms with Crippen LogP contribution < -0.4 is 5.32 Å². The largest absolute Gasteiger partial charge is 0.387 e. The molecule has 1 saturated carbocycles. The second-order valence-corrected chi connectivity index (χ2v) is 6.36. The predicted octanol–water partition coefficient (Wildman–Crippen LogP) is 2.49. The first kappa shape index (κ1) is 15.5. The van der Waals surface area contributed by atoms with Gasteiger partial charge in [-0.1, -0.05) is 19.8 Å². The summed E-state index contributed by atoms with van der Waals surface area (Å²) < 4.78 is 5.65. The summed E-state index contributed by atoms with van der Waals surface area (Å²) in [7, 11) is 0. The van der Waals surface area contributed by atoms with Crippen molar-refractivity contribution in [3.8, 4) is 0 Å². The number of hydrogen-bond donors (Lipinski definition) is 2. The van der Waals surface area contributed by atoms with E-state index in [4.69, 9.17) is 4.74 Å². The average Bonchev–Trinajstić information content (AvgIpc) is 2.97. The molecule has 1 heterocycles. The van der Waals surface area contributed by atoms with Gasteiger partial charge in [0.05, 0.1) is 12.2 Å². The van der Waals surface area contributed by atoms with E-state index < -0.39 is 6.10 Å². The van der Waals surface area contributed by atoms with Crippen molar-refractivity contribution in [1.29, 1.82) is 0 Å². The number of thiophene rings is 1. The van der Waals surface area contributed by atoms with E-state index in [1.165, 1.54) is 24.2 Å². The average molecular weight is 297 g/mol. The van der Waals surface area contributed by atoms with Gasteiger partial charge in [0.1, 0.15) is 6.61 Å². The highest BCUT2D eigenvalue weighted by molar-refractivity contribution is 7.07. The van der Waals surface area contributed by atoms with Crippen LogP contribution in [0.2, 0.25) is 0 Å². The molecule has 1 amide bonds. The maximum atomic E-state index is 11.7. The second kappa shape index (κ2) is 7.76. The Morgan fingerprint density at radius 1 is 1.60 bits per heavy atom. The third-order valence-corrected chi connectivity index (χ3v) is 4.46. The quantitative estimate of drug-likeness (QED) is 0.848. The Labute approximate surface area is 124 Å². The van der Waals surface area contributed by atoms with Crippen molar-refractivity contribution in [2.24, 2.45) is 5.92 Å². The predicted molar refractivity (Wildman–Crippen MR) is 79.7 cm³/mol. The standard InChI is InChI=1S/C15H23NO3S/c1-11-3-2-4-13(7-11)19-9-15(18)16-8-14(17)12-5-6-20-10-12/h5-6,10-11,13-14,17H,2-4,7-9H2,1H3,(H,16,18). The molecule has 0 bridgehead atoms. The summed E-state index contributed by atoms with van der Waals surface area (Å²) in [6, 6.07) is 1.86. The topological polar surface area (TPSA) is 58.6 Å². The molecule has 1 aliphatic carbocycles. The molecule has 1 aliphatic rings. The summed E-state index contributed by atoms with van der Waals surface area (Å²) in [5.74, 6) is 0.537. The minimum atomic E-state index is -0.639. The van der Waals surface area contributed by atoms with Crippen molar-refractivity contribution in [2.75, 3.05) is 13.2 Å². The van der Waals surface area contributed by atoms with Gasteiger partial charge in [-0.15, -0.1) is 0 Å². The first-order valence-electron chi connectivity index (χ1n) is 7.23. The zero-order chi connectivity index (χ0) is 14.4. The Bertz CT molecular complexity index is 407. The summed E-state index contributed by atoms with van der Waals surface area (Å²) >= 11 is 1.53. The van der Waals surface area contributed by atoms with Crippen LogP contribution in [-0.2, 0) is 9.53 Å². The molecule has 2 rings (SSSR count). The lowest BCUT2D eigenvalue weighted by Crippen LogP contribution is -2.33. The van der Waals surface area contributed by atoms with E-state index in [0.29, 0.717) is 5.92 Å². The van der Waals surface area contributed by atoms with E-state index in [1.54, 1.807) is 0 Å². The minimum Gasteiger partial charge on any atom is -0.387 e. The van der Waals surface area contributed by atoms with Gasteiger partial charge in [0.2, 0.25) is 5.91 Å². The molecular formula is C15H23NO3S. The number of aliphatic hydroxyl groups excluding tert-OH is 1. The van der Waals surface area contributed by atoms with Crippen molar-refractivity contribution in [2.45, 2.75) is 44.8 Å². The molecule has 0 aromatic carbocycles. The Morgan fingerprint density at radius 3 is 3.15 bits per heavy atom. The fourth-order valence-corrected chi connectivity index (χ4v) is 3.27. The maximum Gasteiger partial charge on any atom is 0.246 e. The zero-order valence-electron chi connectivity index (χ0n) is 11.9. The van der Waals surface area contributed by atoms with Gasteiger partial charge in [0.25, 0.3) is 0 Å². The lowest BCUT2D eigenvalue weighted by Gasteiger charge is -2.26. The van der Waals surface area contributed by atoms with Crippen molar-refractivity contribution in [3.05, 3.63) is 22.4 Å². The van der Waals surface area contributed by atoms with Gasteiger partial charge in [-0.2, -0.15) is 11.3 Å². The lowest BCUT2D eigenvalue weighted by atomic mass is 9.89. The molecule has 1 aromatic heterocycles. The van der Waals surface area contributed by atoms with Crippen LogP contribution in [0.25, 0.3) is 0 Å². The molecule has 0 aliphatic heterocycles. The molecule has 3 atom stereocenters. The van der Waals surface area contributed by atoms with Gasteiger partial charge < -0.3 is 15.2 Å². The molecule has 0 radical (unpaired) electrons. The lowest BCUT2D eigenvalue weighted by molar-refractivity contribution is -0.129. The highest BCUT2D eigenvalue weighted by atomic mass is 32.1. The fraction of sp³-hybridized carbons (Fsp3) is 0.667. The van der Waals surface area contributed by atoms with Crippen molar-refractivity contribution in [1.82, 2.24) is 5.32 Å². The molecule has 1 fully saturated rings. The van der Waals surface area contributed by atoms with Crippen LogP contribution >= 0.6 is 11.3 Å². The highest BCUT2D eigenvalue weighted by Gasteiger charge is 2.20. The third kappa shape index (κ3) is 4.89. The number of nitrogens with one attached hydrogen (secondary N) is 1. The molecule has 3 unspecified atom stereocenters. The summed E-state index contributed by atoms with van der Waals surface area (Å²) in [6.07, 6.45) is 4.12. The Kier molecular flexibility index (Phi) is 6.01. The normalized spacial score (nSPS) is 24.3. The van der Waals surface area contributed by atoms with Crippen LogP contribution in [0.15, 0.2) is 16.8 Å². The van der Waals surface area contributed by atoms with Gasteiger partial charge in [-0.05, 0) is 41.1 Å². The first-order chi connectivity index (χ1) is 9.65. The van der Waals surface area contributed by atoms with Crippen LogP contribution in [0.3, 0.4) is 0 Å². The summed E-state index contributed by atoms with van der Waals surface area (Å²) in [5.41, 5.74) is 0.845. The van der Waals surface area contributed by atoms with E-state index in [-0.39, 0.29) is 25.2 Å². The molecular weight excluding hydrogens is 274 g/mol. The number of carbonyl (C=O) groups is 1. The van der Waals surface area contributed by atoms with Crippen molar-refractivity contribution >= 4 is 17.2 Å². The van der Waals surface area contributed by atoms with Crippen molar-refractivity contribution in [3.63, 3.8) is 0 Å². The SMILES string of the molecule is CC1CCCC(OCC(=O)NCC(O)c2ccsc2)C1. The van der Waals surface area contributed by atoms with Crippen LogP contribution in [-0.4, -0.2) is 30.3 Å². The highest BCUT2D eigenvalue weighted by Crippen LogP contribution is 2.25. The number of carbonyl (C=O) groups excluding carboxylic acids is 1. The van der Waals surface area contributed by atoms with E-state index in [2.05, 4.69) is 12.2 Å². The number of hydrogen-bond acceptors (Lipinski definition) is 4.